The van der Waals surface area contributed by atoms with E-state index in [4.69, 9.17) is 13.6 Å². The largest absolute Gasteiger partial charge is 0.647 e. The molecule has 5 heteroatoms. The second-order valence-electron chi connectivity index (χ2n) is 6.84. The van der Waals surface area contributed by atoms with Gasteiger partial charge < -0.3 is 13.6 Å². The maximum atomic E-state index is 13.6. The van der Waals surface area contributed by atoms with E-state index >= 15 is 0 Å². The van der Waals surface area contributed by atoms with Crippen molar-refractivity contribution in [2.45, 2.75) is 26.7 Å². The average Bonchev–Trinajstić information content (AvgIpc) is 2.60. The summed E-state index contributed by atoms with van der Waals surface area (Å²) in [6.45, 7) is 6.00. The summed E-state index contributed by atoms with van der Waals surface area (Å²) >= 11 is 0. The van der Waals surface area contributed by atoms with Gasteiger partial charge in [0.25, 0.3) is 0 Å². The molecule has 0 saturated carbocycles. The summed E-state index contributed by atoms with van der Waals surface area (Å²) in [6.07, 6.45) is 0. The topological polar surface area (TPSA) is 44.8 Å². The number of fused-ring (bicyclic) bond motifs is 2. The van der Waals surface area contributed by atoms with Gasteiger partial charge in [0.1, 0.15) is 17.2 Å². The lowest BCUT2D eigenvalue weighted by Gasteiger charge is -2.27. The first-order chi connectivity index (χ1) is 12.9. The van der Waals surface area contributed by atoms with Crippen molar-refractivity contribution in [3.8, 4) is 17.2 Å². The van der Waals surface area contributed by atoms with Gasteiger partial charge in [-0.25, -0.2) is 0 Å². The molecule has 1 heterocycles. The predicted octanol–water partition coefficient (Wildman–Crippen LogP) is 6.41. The van der Waals surface area contributed by atoms with Crippen LogP contribution in [0.4, 0.5) is 0 Å². The molecule has 0 amide bonds. The zero-order valence-electron chi connectivity index (χ0n) is 15.5. The molecule has 0 unspecified atom stereocenters. The molecule has 3 aromatic carbocycles. The fourth-order valence-electron chi connectivity index (χ4n) is 3.42. The molecule has 0 radical (unpaired) electrons. The average molecular weight is 380 g/mol. The van der Waals surface area contributed by atoms with Crippen molar-refractivity contribution in [1.29, 1.82) is 0 Å². The molecule has 0 fully saturated rings. The lowest BCUT2D eigenvalue weighted by atomic mass is 9.92. The summed E-state index contributed by atoms with van der Waals surface area (Å²) in [4.78, 5) is 0. The Hall–Kier alpha value is -2.71. The van der Waals surface area contributed by atoms with E-state index in [9.17, 15) is 4.57 Å². The van der Waals surface area contributed by atoms with Crippen LogP contribution in [0.2, 0.25) is 0 Å². The number of hydrogen-bond acceptors (Lipinski definition) is 4. The Balaban J connectivity index is 1.82. The summed E-state index contributed by atoms with van der Waals surface area (Å²) in [5, 5.41) is 0. The van der Waals surface area contributed by atoms with E-state index < -0.39 is 7.82 Å². The Labute approximate surface area is 159 Å². The van der Waals surface area contributed by atoms with Gasteiger partial charge in [0.15, 0.2) is 0 Å². The maximum absolute atomic E-state index is 13.6. The van der Waals surface area contributed by atoms with Crippen molar-refractivity contribution < 1.29 is 18.1 Å². The molecular formula is C22H21O4P. The minimum absolute atomic E-state index is 0.0346. The SMILES string of the molecule is Cc1cc(C)cc(OP2(=O)Oc3ccccc3C(C)c3ccccc3O2)c1. The number of phosphoric ester groups is 1. The van der Waals surface area contributed by atoms with Gasteiger partial charge in [-0.2, -0.15) is 4.57 Å². The molecule has 4 rings (SSSR count). The van der Waals surface area contributed by atoms with Crippen LogP contribution in [0.25, 0.3) is 0 Å². The molecular weight excluding hydrogens is 359 g/mol. The van der Waals surface area contributed by atoms with Crippen molar-refractivity contribution in [1.82, 2.24) is 0 Å². The highest BCUT2D eigenvalue weighted by molar-refractivity contribution is 7.49. The second kappa shape index (κ2) is 6.79. The van der Waals surface area contributed by atoms with Crippen molar-refractivity contribution in [3.63, 3.8) is 0 Å². The molecule has 3 aromatic rings. The molecule has 0 spiro atoms. The predicted molar refractivity (Wildman–Crippen MR) is 106 cm³/mol. The second-order valence-corrected chi connectivity index (χ2v) is 8.28. The number of aryl methyl sites for hydroxylation is 2. The molecule has 0 atom stereocenters. The van der Waals surface area contributed by atoms with Gasteiger partial charge in [0.05, 0.1) is 0 Å². The summed E-state index contributed by atoms with van der Waals surface area (Å²) < 4.78 is 31.1. The molecule has 1 aliphatic heterocycles. The highest BCUT2D eigenvalue weighted by Gasteiger charge is 2.37. The molecule has 0 bridgehead atoms. The van der Waals surface area contributed by atoms with Crippen LogP contribution in [0.1, 0.15) is 35.1 Å². The normalized spacial score (nSPS) is 20.9. The van der Waals surface area contributed by atoms with E-state index in [-0.39, 0.29) is 5.92 Å². The van der Waals surface area contributed by atoms with Gasteiger partial charge in [-0.3, -0.25) is 0 Å². The van der Waals surface area contributed by atoms with Crippen LogP contribution in [0.15, 0.2) is 66.7 Å². The monoisotopic (exact) mass is 380 g/mol. The van der Waals surface area contributed by atoms with Crippen molar-refractivity contribution in [2.24, 2.45) is 0 Å². The summed E-state index contributed by atoms with van der Waals surface area (Å²) in [6, 6.07) is 20.8. The lowest BCUT2D eigenvalue weighted by molar-refractivity contribution is 0.293. The van der Waals surface area contributed by atoms with Crippen LogP contribution in [0.5, 0.6) is 17.2 Å². The van der Waals surface area contributed by atoms with Crippen LogP contribution in [0.3, 0.4) is 0 Å². The molecule has 0 saturated heterocycles. The van der Waals surface area contributed by atoms with Crippen LogP contribution in [0, 0.1) is 13.8 Å². The highest BCUT2D eigenvalue weighted by Crippen LogP contribution is 2.54. The molecule has 0 aliphatic carbocycles. The zero-order valence-corrected chi connectivity index (χ0v) is 16.4. The van der Waals surface area contributed by atoms with Gasteiger partial charge >= 0.3 is 7.82 Å². The number of para-hydroxylation sites is 2. The molecule has 0 aromatic heterocycles. The molecule has 27 heavy (non-hydrogen) atoms. The first-order valence-electron chi connectivity index (χ1n) is 8.88. The summed E-state index contributed by atoms with van der Waals surface area (Å²) in [5.74, 6) is 1.51. The van der Waals surface area contributed by atoms with E-state index in [1.54, 1.807) is 12.1 Å². The van der Waals surface area contributed by atoms with E-state index in [1.165, 1.54) is 0 Å². The van der Waals surface area contributed by atoms with Crippen LogP contribution >= 0.6 is 7.82 Å². The summed E-state index contributed by atoms with van der Waals surface area (Å²) in [7, 11) is -3.94. The standard InChI is InChI=1S/C22H21O4P/c1-15-12-16(2)14-18(13-15)24-27(23)25-21-10-6-4-8-19(21)17(3)20-9-5-7-11-22(20)26-27/h4-14,17H,1-3H3. The van der Waals surface area contributed by atoms with Crippen molar-refractivity contribution in [2.75, 3.05) is 0 Å². The smallest absolute Gasteiger partial charge is 0.386 e. The van der Waals surface area contributed by atoms with Gasteiger partial charge in [0.2, 0.25) is 0 Å². The Morgan fingerprint density at radius 3 is 1.81 bits per heavy atom. The highest BCUT2D eigenvalue weighted by atomic mass is 31.2. The van der Waals surface area contributed by atoms with Crippen LogP contribution in [-0.2, 0) is 4.57 Å². The molecule has 4 nitrogen and oxygen atoms in total. The third-order valence-electron chi connectivity index (χ3n) is 4.60. The Morgan fingerprint density at radius 1 is 0.815 bits per heavy atom. The van der Waals surface area contributed by atoms with E-state index in [0.717, 1.165) is 22.3 Å². The van der Waals surface area contributed by atoms with Crippen LogP contribution in [-0.4, -0.2) is 0 Å². The number of hydrogen-bond donors (Lipinski definition) is 0. The van der Waals surface area contributed by atoms with Crippen LogP contribution < -0.4 is 13.6 Å². The summed E-state index contributed by atoms with van der Waals surface area (Å²) in [5.41, 5.74) is 3.91. The van der Waals surface area contributed by atoms with Crippen molar-refractivity contribution in [3.05, 3.63) is 89.0 Å². The van der Waals surface area contributed by atoms with E-state index in [0.29, 0.717) is 17.2 Å². The Bertz CT molecular complexity index is 970. The number of rotatable bonds is 2. The minimum Gasteiger partial charge on any atom is -0.386 e. The lowest BCUT2D eigenvalue weighted by Crippen LogP contribution is -2.13. The van der Waals surface area contributed by atoms with E-state index in [2.05, 4.69) is 6.92 Å². The number of benzene rings is 3. The fraction of sp³-hybridized carbons (Fsp3) is 0.182. The molecule has 0 N–H and O–H groups in total. The maximum Gasteiger partial charge on any atom is 0.647 e. The fourth-order valence-corrected chi connectivity index (χ4v) is 4.71. The third kappa shape index (κ3) is 3.58. The van der Waals surface area contributed by atoms with Gasteiger partial charge in [-0.15, -0.1) is 0 Å². The van der Waals surface area contributed by atoms with Gasteiger partial charge in [0, 0.05) is 17.0 Å². The Kier molecular flexibility index (Phi) is 4.45. The quantitative estimate of drug-likeness (QED) is 0.482. The first kappa shape index (κ1) is 17.7. The van der Waals surface area contributed by atoms with Gasteiger partial charge in [-0.05, 0) is 49.2 Å². The zero-order chi connectivity index (χ0) is 19.0. The number of phosphoric acid groups is 1. The van der Waals surface area contributed by atoms with Crippen molar-refractivity contribution >= 4 is 7.82 Å². The van der Waals surface area contributed by atoms with Gasteiger partial charge in [-0.1, -0.05) is 49.4 Å². The molecule has 1 aliphatic rings. The van der Waals surface area contributed by atoms with E-state index in [1.807, 2.05) is 68.4 Å². The molecule has 138 valence electrons. The first-order valence-corrected chi connectivity index (χ1v) is 10.3. The Morgan fingerprint density at radius 2 is 1.30 bits per heavy atom. The minimum atomic E-state index is -3.94. The third-order valence-corrected chi connectivity index (χ3v) is 5.88.